The molecular weight excluding hydrogens is 382 g/mol. The highest BCUT2D eigenvalue weighted by Gasteiger charge is 2.35. The van der Waals surface area contributed by atoms with Gasteiger partial charge in [-0.1, -0.05) is 23.7 Å². The zero-order valence-electron chi connectivity index (χ0n) is 13.6. The Morgan fingerprint density at radius 1 is 1.31 bits per heavy atom. The summed E-state index contributed by atoms with van der Waals surface area (Å²) in [7, 11) is -4.01. The van der Waals surface area contributed by atoms with Crippen LogP contribution >= 0.6 is 11.6 Å². The molecule has 0 spiro atoms. The second-order valence-electron chi connectivity index (χ2n) is 5.78. The van der Waals surface area contributed by atoms with E-state index >= 15 is 0 Å². The van der Waals surface area contributed by atoms with E-state index in [1.54, 1.807) is 6.07 Å². The molecule has 1 aliphatic rings. The Morgan fingerprint density at radius 3 is 2.81 bits per heavy atom. The van der Waals surface area contributed by atoms with Crippen LogP contribution in [0.1, 0.15) is 12.8 Å². The number of nitro benzene ring substituents is 1. The summed E-state index contributed by atoms with van der Waals surface area (Å²) in [5, 5.41) is 11.5. The Hall–Kier alpha value is -2.23. The first-order valence-corrected chi connectivity index (χ1v) is 9.71. The third-order valence-electron chi connectivity index (χ3n) is 4.05. The highest BCUT2D eigenvalue weighted by molar-refractivity contribution is 7.89. The minimum atomic E-state index is -4.01. The fourth-order valence-electron chi connectivity index (χ4n) is 2.82. The molecule has 0 amide bonds. The van der Waals surface area contributed by atoms with Crippen LogP contribution in [0, 0.1) is 10.1 Å². The average Bonchev–Trinajstić information content (AvgIpc) is 2.64. The topological polar surface area (TPSA) is 103 Å². The first-order valence-electron chi connectivity index (χ1n) is 7.89. The monoisotopic (exact) mass is 397 g/mol. The summed E-state index contributed by atoms with van der Waals surface area (Å²) < 4.78 is 32.8. The van der Waals surface area contributed by atoms with Crippen LogP contribution in [0.5, 0.6) is 5.75 Å². The van der Waals surface area contributed by atoms with E-state index in [0.29, 0.717) is 23.6 Å². The van der Waals surface area contributed by atoms with Crippen molar-refractivity contribution in [3.8, 4) is 5.75 Å². The Bertz CT molecular complexity index is 922. The molecule has 8 nitrogen and oxygen atoms in total. The number of para-hydroxylation sites is 1. The van der Waals surface area contributed by atoms with Crippen LogP contribution in [0.25, 0.3) is 0 Å². The van der Waals surface area contributed by atoms with Gasteiger partial charge < -0.3 is 4.74 Å². The molecule has 0 radical (unpaired) electrons. The van der Waals surface area contributed by atoms with Crippen LogP contribution in [0.3, 0.4) is 0 Å². The van der Waals surface area contributed by atoms with E-state index in [4.69, 9.17) is 16.3 Å². The summed E-state index contributed by atoms with van der Waals surface area (Å²) in [6, 6.07) is 6.94. The summed E-state index contributed by atoms with van der Waals surface area (Å²) in [6.45, 7) is 0.366. The third-order valence-corrected chi connectivity index (χ3v) is 6.25. The Labute approximate surface area is 155 Å². The van der Waals surface area contributed by atoms with Gasteiger partial charge in [-0.2, -0.15) is 4.31 Å². The molecule has 1 unspecified atom stereocenters. The highest BCUT2D eigenvalue weighted by Crippen LogP contribution is 2.30. The van der Waals surface area contributed by atoms with E-state index in [-0.39, 0.29) is 18.0 Å². The molecule has 1 fully saturated rings. The van der Waals surface area contributed by atoms with Crippen molar-refractivity contribution < 1.29 is 18.1 Å². The van der Waals surface area contributed by atoms with Gasteiger partial charge in [-0.05, 0) is 18.9 Å². The molecule has 1 aliphatic heterocycles. The fraction of sp³-hybridized carbons (Fsp3) is 0.312. The predicted octanol–water partition coefficient (Wildman–Crippen LogP) is 2.88. The maximum atomic E-state index is 12.9. The van der Waals surface area contributed by atoms with Gasteiger partial charge in [0.2, 0.25) is 10.0 Å². The normalized spacial score (nSPS) is 18.4. The molecule has 1 aromatic heterocycles. The quantitative estimate of drug-likeness (QED) is 0.567. The van der Waals surface area contributed by atoms with Crippen molar-refractivity contribution in [2.24, 2.45) is 0 Å². The number of hydrogen-bond acceptors (Lipinski definition) is 6. The van der Waals surface area contributed by atoms with Crippen molar-refractivity contribution in [1.82, 2.24) is 9.29 Å². The number of pyridine rings is 1. The lowest BCUT2D eigenvalue weighted by atomic mass is 10.1. The molecule has 26 heavy (non-hydrogen) atoms. The van der Waals surface area contributed by atoms with Crippen LogP contribution < -0.4 is 4.74 Å². The maximum Gasteiger partial charge on any atom is 0.289 e. The molecule has 1 aromatic carbocycles. The molecule has 138 valence electrons. The number of benzene rings is 1. The zero-order valence-corrected chi connectivity index (χ0v) is 15.2. The van der Waals surface area contributed by atoms with E-state index in [9.17, 15) is 18.5 Å². The zero-order chi connectivity index (χ0) is 18.7. The van der Waals surface area contributed by atoms with Gasteiger partial charge in [0, 0.05) is 31.1 Å². The van der Waals surface area contributed by atoms with Crippen molar-refractivity contribution in [1.29, 1.82) is 0 Å². The lowest BCUT2D eigenvalue weighted by Gasteiger charge is -2.32. The number of halogens is 1. The molecule has 0 N–H and O–H groups in total. The Kier molecular flexibility index (Phi) is 5.40. The predicted molar refractivity (Wildman–Crippen MR) is 94.8 cm³/mol. The van der Waals surface area contributed by atoms with Crippen molar-refractivity contribution >= 4 is 27.3 Å². The highest BCUT2D eigenvalue weighted by atomic mass is 35.5. The average molecular weight is 398 g/mol. The SMILES string of the molecule is O=[N+]([O-])c1ccccc1S(=O)(=O)N1CCCC(Oc2ccncc2Cl)C1. The van der Waals surface area contributed by atoms with E-state index in [0.717, 1.165) is 0 Å². The van der Waals surface area contributed by atoms with Gasteiger partial charge >= 0.3 is 0 Å². The van der Waals surface area contributed by atoms with E-state index < -0.39 is 26.7 Å². The van der Waals surface area contributed by atoms with Crippen LogP contribution in [0.2, 0.25) is 5.02 Å². The van der Waals surface area contributed by atoms with Gasteiger partial charge in [-0.25, -0.2) is 8.42 Å². The molecule has 0 aliphatic carbocycles. The lowest BCUT2D eigenvalue weighted by molar-refractivity contribution is -0.387. The second kappa shape index (κ2) is 7.56. The first kappa shape index (κ1) is 18.6. The minimum Gasteiger partial charge on any atom is -0.487 e. The van der Waals surface area contributed by atoms with Gasteiger partial charge in [0.25, 0.3) is 5.69 Å². The standard InChI is InChI=1S/C16H16ClN3O5S/c17-13-10-18-8-7-15(13)25-12-4-3-9-19(11-12)26(23,24)16-6-2-1-5-14(16)20(21)22/h1-2,5-8,10,12H,3-4,9,11H2. The number of ether oxygens (including phenoxy) is 1. The molecular formula is C16H16ClN3O5S. The van der Waals surface area contributed by atoms with Crippen molar-refractivity contribution in [3.63, 3.8) is 0 Å². The van der Waals surface area contributed by atoms with Gasteiger partial charge in [0.1, 0.15) is 16.9 Å². The summed E-state index contributed by atoms with van der Waals surface area (Å²) in [5.74, 6) is 0.427. The van der Waals surface area contributed by atoms with Gasteiger partial charge in [0.15, 0.2) is 4.90 Å². The van der Waals surface area contributed by atoms with Crippen molar-refractivity contribution in [3.05, 3.63) is 57.9 Å². The molecule has 0 saturated carbocycles. The first-order chi connectivity index (χ1) is 12.4. The number of nitrogens with zero attached hydrogens (tertiary/aromatic N) is 3. The number of sulfonamides is 1. The molecule has 3 rings (SSSR count). The summed E-state index contributed by atoms with van der Waals surface area (Å²) in [5.41, 5.74) is -0.437. The molecule has 2 aromatic rings. The molecule has 0 bridgehead atoms. The van der Waals surface area contributed by atoms with Gasteiger partial charge in [-0.3, -0.25) is 15.1 Å². The van der Waals surface area contributed by atoms with Gasteiger partial charge in [0.05, 0.1) is 11.5 Å². The molecule has 2 heterocycles. The largest absolute Gasteiger partial charge is 0.487 e. The number of nitro groups is 1. The Morgan fingerprint density at radius 2 is 2.08 bits per heavy atom. The number of aromatic nitrogens is 1. The lowest BCUT2D eigenvalue weighted by Crippen LogP contribution is -2.44. The van der Waals surface area contributed by atoms with Crippen LogP contribution in [0.15, 0.2) is 47.6 Å². The van der Waals surface area contributed by atoms with Crippen LogP contribution in [-0.2, 0) is 10.0 Å². The fourth-order valence-corrected chi connectivity index (χ4v) is 4.65. The van der Waals surface area contributed by atoms with Crippen molar-refractivity contribution in [2.75, 3.05) is 13.1 Å². The second-order valence-corrected chi connectivity index (χ2v) is 8.09. The number of piperidine rings is 1. The van der Waals surface area contributed by atoms with E-state index in [1.165, 1.54) is 41.0 Å². The number of rotatable bonds is 5. The van der Waals surface area contributed by atoms with Crippen LogP contribution in [-0.4, -0.2) is 41.8 Å². The minimum absolute atomic E-state index is 0.0903. The van der Waals surface area contributed by atoms with Gasteiger partial charge in [-0.15, -0.1) is 0 Å². The van der Waals surface area contributed by atoms with E-state index in [2.05, 4.69) is 4.98 Å². The van der Waals surface area contributed by atoms with Crippen LogP contribution in [0.4, 0.5) is 5.69 Å². The number of hydrogen-bond donors (Lipinski definition) is 0. The molecule has 1 saturated heterocycles. The molecule has 10 heteroatoms. The summed E-state index contributed by atoms with van der Waals surface area (Å²) in [4.78, 5) is 14.0. The summed E-state index contributed by atoms with van der Waals surface area (Å²) in [6.07, 6.45) is 3.81. The van der Waals surface area contributed by atoms with Crippen molar-refractivity contribution in [2.45, 2.75) is 23.8 Å². The third kappa shape index (κ3) is 3.79. The molecule has 1 atom stereocenters. The smallest absolute Gasteiger partial charge is 0.289 e. The maximum absolute atomic E-state index is 12.9. The van der Waals surface area contributed by atoms with E-state index in [1.807, 2.05) is 0 Å². The summed E-state index contributed by atoms with van der Waals surface area (Å²) >= 11 is 6.03. The Balaban J connectivity index is 1.83.